The van der Waals surface area contributed by atoms with Gasteiger partial charge in [0.2, 0.25) is 0 Å². The zero-order valence-corrected chi connectivity index (χ0v) is 15.2. The summed E-state index contributed by atoms with van der Waals surface area (Å²) in [5.74, 6) is 0.954. The number of likely N-dealkylation sites (N-methyl/N-ethyl adjacent to an activating group) is 1. The van der Waals surface area contributed by atoms with Gasteiger partial charge in [0.1, 0.15) is 5.75 Å². The molecule has 0 amide bonds. The van der Waals surface area contributed by atoms with Crippen molar-refractivity contribution in [3.8, 4) is 5.75 Å². The van der Waals surface area contributed by atoms with Crippen molar-refractivity contribution in [1.82, 2.24) is 5.32 Å². The Hall–Kier alpha value is -0.840. The van der Waals surface area contributed by atoms with E-state index in [1.807, 2.05) is 23.5 Å². The van der Waals surface area contributed by atoms with Crippen LogP contribution in [-0.4, -0.2) is 13.7 Å². The van der Waals surface area contributed by atoms with E-state index in [0.29, 0.717) is 6.04 Å². The van der Waals surface area contributed by atoms with Crippen LogP contribution in [0.25, 0.3) is 0 Å². The predicted molar refractivity (Wildman–Crippen MR) is 94.5 cm³/mol. The van der Waals surface area contributed by atoms with Crippen LogP contribution in [0.15, 0.2) is 34.1 Å². The van der Waals surface area contributed by atoms with E-state index >= 15 is 0 Å². The van der Waals surface area contributed by atoms with Crippen LogP contribution in [0.1, 0.15) is 35.9 Å². The molecule has 2 rings (SSSR count). The van der Waals surface area contributed by atoms with E-state index < -0.39 is 0 Å². The molecule has 0 aliphatic rings. The van der Waals surface area contributed by atoms with Gasteiger partial charge < -0.3 is 10.1 Å². The molecule has 0 saturated carbocycles. The van der Waals surface area contributed by atoms with Crippen LogP contribution >= 0.6 is 27.3 Å². The molecule has 0 saturated heterocycles. The molecule has 114 valence electrons. The van der Waals surface area contributed by atoms with Crippen LogP contribution in [0.2, 0.25) is 0 Å². The molecule has 0 aliphatic heterocycles. The van der Waals surface area contributed by atoms with Gasteiger partial charge >= 0.3 is 0 Å². The first-order valence-corrected chi connectivity index (χ1v) is 8.98. The maximum Gasteiger partial charge on any atom is 0.122 e. The van der Waals surface area contributed by atoms with Crippen LogP contribution < -0.4 is 10.1 Å². The predicted octanol–water partition coefficient (Wildman–Crippen LogP) is 4.97. The van der Waals surface area contributed by atoms with E-state index in [4.69, 9.17) is 4.74 Å². The Balaban J connectivity index is 2.30. The number of ether oxygens (including phenoxy) is 1. The number of rotatable bonds is 7. The largest absolute Gasteiger partial charge is 0.496 e. The van der Waals surface area contributed by atoms with Gasteiger partial charge in [0.25, 0.3) is 0 Å². The summed E-state index contributed by atoms with van der Waals surface area (Å²) in [6, 6.07) is 8.78. The average molecular weight is 368 g/mol. The number of nitrogens with one attached hydrogen (secondary N) is 1. The number of methoxy groups -OCH3 is 1. The minimum Gasteiger partial charge on any atom is -0.496 e. The molecule has 2 aromatic rings. The molecule has 0 aliphatic carbocycles. The Morgan fingerprint density at radius 3 is 2.71 bits per heavy atom. The fraction of sp³-hybridized carbons (Fsp3) is 0.412. The van der Waals surface area contributed by atoms with Gasteiger partial charge in [-0.3, -0.25) is 0 Å². The topological polar surface area (TPSA) is 21.3 Å². The Bertz CT molecular complexity index is 582. The minimum absolute atomic E-state index is 0.341. The monoisotopic (exact) mass is 367 g/mol. The lowest BCUT2D eigenvalue weighted by Gasteiger charge is -2.20. The Kier molecular flexibility index (Phi) is 6.27. The number of benzene rings is 1. The standard InChI is InChI=1S/C17H22BrNOS/c1-4-12-8-9-21-17(12)15(19-5-2)11-13-10-14(18)6-7-16(13)20-3/h6-10,15,19H,4-5,11H2,1-3H3. The maximum atomic E-state index is 5.51. The highest BCUT2D eigenvalue weighted by molar-refractivity contribution is 9.10. The molecule has 1 heterocycles. The molecule has 2 nitrogen and oxygen atoms in total. The zero-order chi connectivity index (χ0) is 15.2. The molecule has 1 atom stereocenters. The Morgan fingerprint density at radius 2 is 2.05 bits per heavy atom. The molecule has 1 aromatic carbocycles. The Labute approximate surface area is 139 Å². The third-order valence-electron chi connectivity index (χ3n) is 3.60. The van der Waals surface area contributed by atoms with E-state index in [1.165, 1.54) is 16.0 Å². The summed E-state index contributed by atoms with van der Waals surface area (Å²) in [7, 11) is 1.73. The van der Waals surface area contributed by atoms with E-state index in [-0.39, 0.29) is 0 Å². The first-order chi connectivity index (χ1) is 10.2. The molecule has 4 heteroatoms. The van der Waals surface area contributed by atoms with Crippen molar-refractivity contribution in [3.05, 3.63) is 50.1 Å². The lowest BCUT2D eigenvalue weighted by Crippen LogP contribution is -2.23. The number of hydrogen-bond donors (Lipinski definition) is 1. The van der Waals surface area contributed by atoms with Crippen molar-refractivity contribution >= 4 is 27.3 Å². The van der Waals surface area contributed by atoms with Crippen molar-refractivity contribution in [3.63, 3.8) is 0 Å². The SMILES string of the molecule is CCNC(Cc1cc(Br)ccc1OC)c1sccc1CC. The molecule has 1 unspecified atom stereocenters. The number of halogens is 1. The fourth-order valence-corrected chi connectivity index (χ4v) is 4.06. The summed E-state index contributed by atoms with van der Waals surface area (Å²) < 4.78 is 6.60. The molecule has 1 aromatic heterocycles. The van der Waals surface area contributed by atoms with Crippen molar-refractivity contribution in [2.45, 2.75) is 32.7 Å². The molecule has 0 bridgehead atoms. The third kappa shape index (κ3) is 4.09. The van der Waals surface area contributed by atoms with Gasteiger partial charge in [0.15, 0.2) is 0 Å². The molecule has 1 N–H and O–H groups in total. The van der Waals surface area contributed by atoms with Gasteiger partial charge in [-0.1, -0.05) is 29.8 Å². The van der Waals surface area contributed by atoms with Gasteiger partial charge in [-0.25, -0.2) is 0 Å². The van der Waals surface area contributed by atoms with Gasteiger partial charge in [0, 0.05) is 15.4 Å². The lowest BCUT2D eigenvalue weighted by atomic mass is 10.0. The van der Waals surface area contributed by atoms with Crippen molar-refractivity contribution in [2.24, 2.45) is 0 Å². The maximum absolute atomic E-state index is 5.51. The molecule has 0 spiro atoms. The van der Waals surface area contributed by atoms with Gasteiger partial charge in [-0.15, -0.1) is 11.3 Å². The highest BCUT2D eigenvalue weighted by atomic mass is 79.9. The van der Waals surface area contributed by atoms with E-state index in [0.717, 1.165) is 29.6 Å². The first kappa shape index (κ1) is 16.5. The van der Waals surface area contributed by atoms with E-state index in [2.05, 4.69) is 52.6 Å². The summed E-state index contributed by atoms with van der Waals surface area (Å²) in [5, 5.41) is 5.81. The highest BCUT2D eigenvalue weighted by Crippen LogP contribution is 2.32. The second kappa shape index (κ2) is 7.97. The smallest absolute Gasteiger partial charge is 0.122 e. The van der Waals surface area contributed by atoms with E-state index in [1.54, 1.807) is 7.11 Å². The van der Waals surface area contributed by atoms with Crippen molar-refractivity contribution in [1.29, 1.82) is 0 Å². The van der Waals surface area contributed by atoms with Crippen LogP contribution in [0.4, 0.5) is 0 Å². The van der Waals surface area contributed by atoms with Gasteiger partial charge in [0.05, 0.1) is 7.11 Å². The third-order valence-corrected chi connectivity index (χ3v) is 5.16. The van der Waals surface area contributed by atoms with Gasteiger partial charge in [-0.2, -0.15) is 0 Å². The summed E-state index contributed by atoms with van der Waals surface area (Å²) in [5.41, 5.74) is 2.67. The molecular formula is C17H22BrNOS. The van der Waals surface area contributed by atoms with Crippen molar-refractivity contribution in [2.75, 3.05) is 13.7 Å². The van der Waals surface area contributed by atoms with Crippen LogP contribution in [-0.2, 0) is 12.8 Å². The van der Waals surface area contributed by atoms with Gasteiger partial charge in [-0.05, 0) is 60.2 Å². The second-order valence-corrected chi connectivity index (χ2v) is 6.80. The Morgan fingerprint density at radius 1 is 1.24 bits per heavy atom. The zero-order valence-electron chi connectivity index (χ0n) is 12.8. The van der Waals surface area contributed by atoms with Crippen LogP contribution in [0.3, 0.4) is 0 Å². The molecular weight excluding hydrogens is 346 g/mol. The summed E-state index contributed by atoms with van der Waals surface area (Å²) in [6.07, 6.45) is 2.01. The molecule has 21 heavy (non-hydrogen) atoms. The van der Waals surface area contributed by atoms with Crippen LogP contribution in [0, 0.1) is 0 Å². The molecule has 0 fully saturated rings. The number of aryl methyl sites for hydroxylation is 1. The minimum atomic E-state index is 0.341. The van der Waals surface area contributed by atoms with Crippen LogP contribution in [0.5, 0.6) is 5.75 Å². The summed E-state index contributed by atoms with van der Waals surface area (Å²) in [6.45, 7) is 5.33. The second-order valence-electron chi connectivity index (χ2n) is 4.93. The molecule has 0 radical (unpaired) electrons. The highest BCUT2D eigenvalue weighted by Gasteiger charge is 2.18. The lowest BCUT2D eigenvalue weighted by molar-refractivity contribution is 0.405. The van der Waals surface area contributed by atoms with Crippen molar-refractivity contribution < 1.29 is 4.74 Å². The van der Waals surface area contributed by atoms with E-state index in [9.17, 15) is 0 Å². The quantitative estimate of drug-likeness (QED) is 0.745. The average Bonchev–Trinajstić information content (AvgIpc) is 2.95. The normalized spacial score (nSPS) is 12.4. The summed E-state index contributed by atoms with van der Waals surface area (Å²) >= 11 is 5.40. The summed E-state index contributed by atoms with van der Waals surface area (Å²) in [4.78, 5) is 1.45. The fourth-order valence-electron chi connectivity index (χ4n) is 2.58. The number of hydrogen-bond acceptors (Lipinski definition) is 3. The first-order valence-electron chi connectivity index (χ1n) is 7.31. The number of thiophene rings is 1.